The van der Waals surface area contributed by atoms with Crippen molar-refractivity contribution in [3.05, 3.63) is 89.0 Å². The van der Waals surface area contributed by atoms with Gasteiger partial charge in [-0.2, -0.15) is 5.10 Å². The standard InChI is InChI=1S/C26H28N2O4/c1-19-8-7-11-23(20(19)2)32-18-26(29)28-27-17-22-12-13-24(25(16-22)30-3)31-15-14-21-9-5-4-6-10-21/h4-13,16-17H,14-15,18H2,1-3H3,(H,28,29)/b27-17+. The Balaban J connectivity index is 1.49. The van der Waals surface area contributed by atoms with Gasteiger partial charge in [0.25, 0.3) is 5.91 Å². The van der Waals surface area contributed by atoms with E-state index in [1.165, 1.54) is 5.56 Å². The molecule has 0 radical (unpaired) electrons. The van der Waals surface area contributed by atoms with E-state index in [-0.39, 0.29) is 12.5 Å². The first kappa shape index (κ1) is 22.9. The number of hydrazone groups is 1. The molecule has 0 atom stereocenters. The minimum Gasteiger partial charge on any atom is -0.493 e. The molecule has 1 amide bonds. The lowest BCUT2D eigenvalue weighted by Crippen LogP contribution is -2.24. The number of nitrogens with zero attached hydrogens (tertiary/aromatic N) is 1. The van der Waals surface area contributed by atoms with Gasteiger partial charge in [0.1, 0.15) is 5.75 Å². The van der Waals surface area contributed by atoms with Gasteiger partial charge in [0.05, 0.1) is 19.9 Å². The molecule has 3 rings (SSSR count). The van der Waals surface area contributed by atoms with E-state index in [2.05, 4.69) is 22.7 Å². The van der Waals surface area contributed by atoms with Crippen LogP contribution in [0.25, 0.3) is 0 Å². The van der Waals surface area contributed by atoms with Crippen LogP contribution in [0.15, 0.2) is 71.8 Å². The number of methoxy groups -OCH3 is 1. The number of benzene rings is 3. The maximum absolute atomic E-state index is 12.0. The molecular formula is C26H28N2O4. The zero-order valence-corrected chi connectivity index (χ0v) is 18.6. The molecular weight excluding hydrogens is 404 g/mol. The number of hydrogen-bond acceptors (Lipinski definition) is 5. The van der Waals surface area contributed by atoms with Crippen molar-refractivity contribution in [2.24, 2.45) is 5.10 Å². The lowest BCUT2D eigenvalue weighted by molar-refractivity contribution is -0.123. The van der Waals surface area contributed by atoms with Crippen LogP contribution in [0.2, 0.25) is 0 Å². The van der Waals surface area contributed by atoms with Gasteiger partial charge in [-0.05, 0) is 60.4 Å². The molecule has 0 fully saturated rings. The predicted octanol–water partition coefficient (Wildman–Crippen LogP) is 4.46. The summed E-state index contributed by atoms with van der Waals surface area (Å²) in [6.45, 7) is 4.40. The molecule has 3 aromatic carbocycles. The van der Waals surface area contributed by atoms with Crippen LogP contribution in [-0.4, -0.2) is 32.4 Å². The van der Waals surface area contributed by atoms with Gasteiger partial charge in [0.15, 0.2) is 18.1 Å². The fourth-order valence-electron chi connectivity index (χ4n) is 3.04. The van der Waals surface area contributed by atoms with Crippen LogP contribution in [-0.2, 0) is 11.2 Å². The summed E-state index contributed by atoms with van der Waals surface area (Å²) in [6, 6.07) is 21.4. The second kappa shape index (κ2) is 11.6. The number of aryl methyl sites for hydroxylation is 1. The molecule has 0 bridgehead atoms. The summed E-state index contributed by atoms with van der Waals surface area (Å²) in [6.07, 6.45) is 2.36. The Kier molecular flexibility index (Phi) is 8.26. The maximum Gasteiger partial charge on any atom is 0.277 e. The predicted molar refractivity (Wildman–Crippen MR) is 126 cm³/mol. The molecule has 0 aliphatic carbocycles. The fraction of sp³-hybridized carbons (Fsp3) is 0.231. The molecule has 0 unspecified atom stereocenters. The van der Waals surface area contributed by atoms with Crippen LogP contribution in [0.5, 0.6) is 17.2 Å². The Hall–Kier alpha value is -3.80. The van der Waals surface area contributed by atoms with Crippen LogP contribution >= 0.6 is 0 Å². The van der Waals surface area contributed by atoms with E-state index in [4.69, 9.17) is 14.2 Å². The second-order valence-corrected chi connectivity index (χ2v) is 7.27. The van der Waals surface area contributed by atoms with Crippen LogP contribution in [0.4, 0.5) is 0 Å². The lowest BCUT2D eigenvalue weighted by atomic mass is 10.1. The van der Waals surface area contributed by atoms with Crippen molar-refractivity contribution in [2.75, 3.05) is 20.3 Å². The lowest BCUT2D eigenvalue weighted by Gasteiger charge is -2.11. The highest BCUT2D eigenvalue weighted by Crippen LogP contribution is 2.27. The summed E-state index contributed by atoms with van der Waals surface area (Å²) in [5.41, 5.74) is 6.59. The van der Waals surface area contributed by atoms with E-state index in [0.29, 0.717) is 23.9 Å². The van der Waals surface area contributed by atoms with Crippen molar-refractivity contribution >= 4 is 12.1 Å². The van der Waals surface area contributed by atoms with Crippen molar-refractivity contribution in [3.8, 4) is 17.2 Å². The molecule has 32 heavy (non-hydrogen) atoms. The minimum atomic E-state index is -0.338. The number of hydrogen-bond donors (Lipinski definition) is 1. The van der Waals surface area contributed by atoms with Crippen LogP contribution < -0.4 is 19.6 Å². The number of carbonyl (C=O) groups excluding carboxylic acids is 1. The van der Waals surface area contributed by atoms with Gasteiger partial charge in [-0.25, -0.2) is 5.43 Å². The molecule has 0 spiro atoms. The first-order valence-corrected chi connectivity index (χ1v) is 10.4. The maximum atomic E-state index is 12.0. The number of carbonyl (C=O) groups is 1. The zero-order valence-electron chi connectivity index (χ0n) is 18.6. The Morgan fingerprint density at radius 2 is 1.75 bits per heavy atom. The van der Waals surface area contributed by atoms with Gasteiger partial charge in [0, 0.05) is 6.42 Å². The quantitative estimate of drug-likeness (QED) is 0.379. The van der Waals surface area contributed by atoms with Crippen molar-refractivity contribution in [1.82, 2.24) is 5.43 Å². The number of nitrogens with one attached hydrogen (secondary N) is 1. The van der Waals surface area contributed by atoms with Crippen LogP contribution in [0.1, 0.15) is 22.3 Å². The molecule has 0 aromatic heterocycles. The molecule has 0 saturated heterocycles. The molecule has 6 nitrogen and oxygen atoms in total. The third-order valence-corrected chi connectivity index (χ3v) is 5.00. The van der Waals surface area contributed by atoms with E-state index in [0.717, 1.165) is 23.1 Å². The summed E-state index contributed by atoms with van der Waals surface area (Å²) in [7, 11) is 1.59. The largest absolute Gasteiger partial charge is 0.493 e. The molecule has 0 saturated carbocycles. The van der Waals surface area contributed by atoms with Crippen molar-refractivity contribution in [2.45, 2.75) is 20.3 Å². The van der Waals surface area contributed by atoms with Gasteiger partial charge in [0.2, 0.25) is 0 Å². The topological polar surface area (TPSA) is 69.2 Å². The third kappa shape index (κ3) is 6.60. The summed E-state index contributed by atoms with van der Waals surface area (Å²) >= 11 is 0. The summed E-state index contributed by atoms with van der Waals surface area (Å²) < 4.78 is 16.9. The van der Waals surface area contributed by atoms with Crippen LogP contribution in [0, 0.1) is 13.8 Å². The van der Waals surface area contributed by atoms with Crippen molar-refractivity contribution in [3.63, 3.8) is 0 Å². The summed E-state index contributed by atoms with van der Waals surface area (Å²) in [4.78, 5) is 12.0. The number of amides is 1. The van der Waals surface area contributed by atoms with Crippen LogP contribution in [0.3, 0.4) is 0 Å². The minimum absolute atomic E-state index is 0.112. The van der Waals surface area contributed by atoms with E-state index < -0.39 is 0 Å². The van der Waals surface area contributed by atoms with Gasteiger partial charge < -0.3 is 14.2 Å². The Labute approximate surface area is 188 Å². The highest BCUT2D eigenvalue weighted by atomic mass is 16.5. The molecule has 0 aliphatic rings. The molecule has 0 heterocycles. The molecule has 166 valence electrons. The first-order valence-electron chi connectivity index (χ1n) is 10.4. The Bertz CT molecular complexity index is 1060. The van der Waals surface area contributed by atoms with Gasteiger partial charge >= 0.3 is 0 Å². The second-order valence-electron chi connectivity index (χ2n) is 7.27. The number of ether oxygens (including phenoxy) is 3. The number of rotatable bonds is 10. The average molecular weight is 433 g/mol. The third-order valence-electron chi connectivity index (χ3n) is 5.00. The molecule has 1 N–H and O–H groups in total. The summed E-state index contributed by atoms with van der Waals surface area (Å²) in [5, 5.41) is 4.00. The van der Waals surface area contributed by atoms with Gasteiger partial charge in [-0.15, -0.1) is 0 Å². The first-order chi connectivity index (χ1) is 15.6. The average Bonchev–Trinajstić information content (AvgIpc) is 2.81. The fourth-order valence-corrected chi connectivity index (χ4v) is 3.04. The molecule has 3 aromatic rings. The van der Waals surface area contributed by atoms with Gasteiger partial charge in [-0.1, -0.05) is 42.5 Å². The SMILES string of the molecule is COc1cc(/C=N/NC(=O)COc2cccc(C)c2C)ccc1OCCc1ccccc1. The molecule has 6 heteroatoms. The monoisotopic (exact) mass is 432 g/mol. The van der Waals surface area contributed by atoms with E-state index in [9.17, 15) is 4.79 Å². The zero-order chi connectivity index (χ0) is 22.8. The van der Waals surface area contributed by atoms with Crippen molar-refractivity contribution < 1.29 is 19.0 Å². The normalized spacial score (nSPS) is 10.7. The van der Waals surface area contributed by atoms with E-state index in [1.54, 1.807) is 19.4 Å². The Morgan fingerprint density at radius 1 is 0.938 bits per heavy atom. The Morgan fingerprint density at radius 3 is 2.53 bits per heavy atom. The van der Waals surface area contributed by atoms with E-state index in [1.807, 2.05) is 62.4 Å². The highest BCUT2D eigenvalue weighted by molar-refractivity contribution is 5.83. The summed E-state index contributed by atoms with van der Waals surface area (Å²) in [5.74, 6) is 1.62. The van der Waals surface area contributed by atoms with Gasteiger partial charge in [-0.3, -0.25) is 4.79 Å². The smallest absolute Gasteiger partial charge is 0.277 e. The van der Waals surface area contributed by atoms with Crippen molar-refractivity contribution in [1.29, 1.82) is 0 Å². The molecule has 0 aliphatic heterocycles. The van der Waals surface area contributed by atoms with E-state index >= 15 is 0 Å². The highest BCUT2D eigenvalue weighted by Gasteiger charge is 2.07.